The SMILES string of the molecule is Cn1c(CCl)nnc1-c1c(Cl)cccc1Cl. The third-order valence-electron chi connectivity index (χ3n) is 2.27. The van der Waals surface area contributed by atoms with Crippen molar-refractivity contribution in [1.29, 1.82) is 0 Å². The third kappa shape index (κ3) is 1.90. The number of hydrogen-bond acceptors (Lipinski definition) is 2. The molecule has 0 N–H and O–H groups in total. The van der Waals surface area contributed by atoms with Gasteiger partial charge in [-0.15, -0.1) is 21.8 Å². The molecule has 6 heteroatoms. The fourth-order valence-electron chi connectivity index (χ4n) is 1.41. The van der Waals surface area contributed by atoms with Gasteiger partial charge in [0.2, 0.25) is 0 Å². The zero-order chi connectivity index (χ0) is 11.7. The lowest BCUT2D eigenvalue weighted by Crippen LogP contribution is -1.98. The summed E-state index contributed by atoms with van der Waals surface area (Å²) < 4.78 is 1.78. The maximum absolute atomic E-state index is 6.09. The van der Waals surface area contributed by atoms with E-state index < -0.39 is 0 Å². The minimum absolute atomic E-state index is 0.297. The summed E-state index contributed by atoms with van der Waals surface area (Å²) in [6, 6.07) is 5.31. The van der Waals surface area contributed by atoms with Gasteiger partial charge < -0.3 is 4.57 Å². The summed E-state index contributed by atoms with van der Waals surface area (Å²) in [5.74, 6) is 1.59. The minimum atomic E-state index is 0.297. The molecule has 0 saturated carbocycles. The lowest BCUT2D eigenvalue weighted by atomic mass is 10.2. The monoisotopic (exact) mass is 275 g/mol. The van der Waals surface area contributed by atoms with E-state index in [-0.39, 0.29) is 0 Å². The van der Waals surface area contributed by atoms with Crippen molar-refractivity contribution in [3.05, 3.63) is 34.1 Å². The lowest BCUT2D eigenvalue weighted by Gasteiger charge is -2.06. The summed E-state index contributed by atoms with van der Waals surface area (Å²) in [5.41, 5.74) is 0.678. The molecule has 1 aromatic heterocycles. The molecule has 0 bridgehead atoms. The maximum Gasteiger partial charge on any atom is 0.166 e. The van der Waals surface area contributed by atoms with Crippen LogP contribution in [0.15, 0.2) is 18.2 Å². The molecule has 0 spiro atoms. The van der Waals surface area contributed by atoms with Gasteiger partial charge in [-0.3, -0.25) is 0 Å². The van der Waals surface area contributed by atoms with Crippen LogP contribution in [-0.2, 0) is 12.9 Å². The molecule has 1 aromatic carbocycles. The van der Waals surface area contributed by atoms with Gasteiger partial charge >= 0.3 is 0 Å². The van der Waals surface area contributed by atoms with Gasteiger partial charge in [0.25, 0.3) is 0 Å². The molecule has 0 saturated heterocycles. The van der Waals surface area contributed by atoms with Crippen LogP contribution in [0.25, 0.3) is 11.4 Å². The summed E-state index contributed by atoms with van der Waals surface area (Å²) in [4.78, 5) is 0. The first-order valence-electron chi connectivity index (χ1n) is 4.53. The molecular formula is C10H8Cl3N3. The van der Waals surface area contributed by atoms with Gasteiger partial charge in [-0.05, 0) is 12.1 Å². The summed E-state index contributed by atoms with van der Waals surface area (Å²) >= 11 is 17.9. The Balaban J connectivity index is 2.63. The van der Waals surface area contributed by atoms with E-state index in [1.54, 1.807) is 22.8 Å². The van der Waals surface area contributed by atoms with Crippen LogP contribution in [0.2, 0.25) is 10.0 Å². The first-order chi connectivity index (χ1) is 7.65. The van der Waals surface area contributed by atoms with E-state index >= 15 is 0 Å². The smallest absolute Gasteiger partial charge is 0.166 e. The number of benzene rings is 1. The summed E-state index contributed by atoms with van der Waals surface area (Å²) in [6.45, 7) is 0. The molecule has 0 amide bonds. The molecule has 0 aliphatic heterocycles. The molecule has 0 fully saturated rings. The third-order valence-corrected chi connectivity index (χ3v) is 3.14. The highest BCUT2D eigenvalue weighted by Gasteiger charge is 2.15. The Bertz CT molecular complexity index is 502. The molecule has 1 heterocycles. The van der Waals surface area contributed by atoms with E-state index in [0.717, 1.165) is 0 Å². The molecular weight excluding hydrogens is 268 g/mol. The van der Waals surface area contributed by atoms with E-state index in [1.165, 1.54) is 0 Å². The first kappa shape index (κ1) is 11.7. The lowest BCUT2D eigenvalue weighted by molar-refractivity contribution is 0.853. The van der Waals surface area contributed by atoms with Crippen molar-refractivity contribution in [2.75, 3.05) is 0 Å². The molecule has 3 nitrogen and oxygen atoms in total. The molecule has 0 unspecified atom stereocenters. The Labute approximate surface area is 108 Å². The highest BCUT2D eigenvalue weighted by atomic mass is 35.5. The molecule has 84 valence electrons. The summed E-state index contributed by atoms with van der Waals surface area (Å²) in [5, 5.41) is 9.09. The predicted octanol–water partition coefficient (Wildman–Crippen LogP) is 3.53. The molecule has 0 atom stereocenters. The number of nitrogens with zero attached hydrogens (tertiary/aromatic N) is 3. The number of hydrogen-bond donors (Lipinski definition) is 0. The summed E-state index contributed by atoms with van der Waals surface area (Å²) in [7, 11) is 1.83. The number of aromatic nitrogens is 3. The highest BCUT2D eigenvalue weighted by molar-refractivity contribution is 6.39. The van der Waals surface area contributed by atoms with E-state index in [0.29, 0.717) is 33.1 Å². The Hall–Kier alpha value is -0.770. The quantitative estimate of drug-likeness (QED) is 0.786. The van der Waals surface area contributed by atoms with Gasteiger partial charge in [0, 0.05) is 7.05 Å². The fraction of sp³-hybridized carbons (Fsp3) is 0.200. The van der Waals surface area contributed by atoms with Crippen LogP contribution in [0.1, 0.15) is 5.82 Å². The molecule has 2 aromatic rings. The molecule has 0 radical (unpaired) electrons. The predicted molar refractivity (Wildman–Crippen MR) is 66.0 cm³/mol. The van der Waals surface area contributed by atoms with Crippen LogP contribution in [0.5, 0.6) is 0 Å². The van der Waals surface area contributed by atoms with Crippen LogP contribution in [0.4, 0.5) is 0 Å². The molecule has 16 heavy (non-hydrogen) atoms. The van der Waals surface area contributed by atoms with E-state index in [4.69, 9.17) is 34.8 Å². The largest absolute Gasteiger partial charge is 0.313 e. The molecule has 2 rings (SSSR count). The zero-order valence-electron chi connectivity index (χ0n) is 8.41. The van der Waals surface area contributed by atoms with Crippen LogP contribution in [0, 0.1) is 0 Å². The van der Waals surface area contributed by atoms with Gasteiger partial charge in [-0.1, -0.05) is 29.3 Å². The Morgan fingerprint density at radius 2 is 1.81 bits per heavy atom. The number of rotatable bonds is 2. The normalized spacial score (nSPS) is 10.8. The van der Waals surface area contributed by atoms with Crippen molar-refractivity contribution in [1.82, 2.24) is 14.8 Å². The Kier molecular flexibility index (Phi) is 3.38. The Morgan fingerprint density at radius 1 is 1.19 bits per heavy atom. The van der Waals surface area contributed by atoms with E-state index in [9.17, 15) is 0 Å². The van der Waals surface area contributed by atoms with E-state index in [1.807, 2.05) is 7.05 Å². The van der Waals surface area contributed by atoms with Crippen molar-refractivity contribution in [2.45, 2.75) is 5.88 Å². The summed E-state index contributed by atoms with van der Waals surface area (Å²) in [6.07, 6.45) is 0. The number of alkyl halides is 1. The number of halogens is 3. The second-order valence-electron chi connectivity index (χ2n) is 3.23. The van der Waals surface area contributed by atoms with Gasteiger partial charge in [0.15, 0.2) is 5.82 Å². The van der Waals surface area contributed by atoms with Gasteiger partial charge in [0.1, 0.15) is 5.82 Å². The van der Waals surface area contributed by atoms with Crippen molar-refractivity contribution < 1.29 is 0 Å². The second-order valence-corrected chi connectivity index (χ2v) is 4.31. The molecule has 0 aliphatic rings. The highest BCUT2D eigenvalue weighted by Crippen LogP contribution is 2.33. The van der Waals surface area contributed by atoms with Crippen molar-refractivity contribution in [3.63, 3.8) is 0 Å². The van der Waals surface area contributed by atoms with Crippen molar-refractivity contribution in [3.8, 4) is 11.4 Å². The zero-order valence-corrected chi connectivity index (χ0v) is 10.7. The average Bonchev–Trinajstić information content (AvgIpc) is 2.60. The van der Waals surface area contributed by atoms with Crippen LogP contribution in [-0.4, -0.2) is 14.8 Å². The second kappa shape index (κ2) is 4.62. The average molecular weight is 277 g/mol. The van der Waals surface area contributed by atoms with Gasteiger partial charge in [-0.25, -0.2) is 0 Å². The standard InChI is InChI=1S/C10H8Cl3N3/c1-16-8(5-11)14-15-10(16)9-6(12)3-2-4-7(9)13/h2-4H,5H2,1H3. The first-order valence-corrected chi connectivity index (χ1v) is 5.82. The van der Waals surface area contributed by atoms with Crippen LogP contribution >= 0.6 is 34.8 Å². The maximum atomic E-state index is 6.09. The van der Waals surface area contributed by atoms with Crippen LogP contribution < -0.4 is 0 Å². The van der Waals surface area contributed by atoms with Crippen molar-refractivity contribution >= 4 is 34.8 Å². The van der Waals surface area contributed by atoms with Gasteiger partial charge in [-0.2, -0.15) is 0 Å². The Morgan fingerprint density at radius 3 is 2.31 bits per heavy atom. The van der Waals surface area contributed by atoms with E-state index in [2.05, 4.69) is 10.2 Å². The van der Waals surface area contributed by atoms with Gasteiger partial charge in [0.05, 0.1) is 21.5 Å². The topological polar surface area (TPSA) is 30.7 Å². The fourth-order valence-corrected chi connectivity index (χ4v) is 2.21. The van der Waals surface area contributed by atoms with Crippen LogP contribution in [0.3, 0.4) is 0 Å². The minimum Gasteiger partial charge on any atom is -0.313 e. The van der Waals surface area contributed by atoms with Crippen molar-refractivity contribution in [2.24, 2.45) is 7.05 Å². The molecule has 0 aliphatic carbocycles.